The first-order valence-electron chi connectivity index (χ1n) is 10.7. The molecule has 0 atom stereocenters. The van der Waals surface area contributed by atoms with Crippen LogP contribution in [0.2, 0.25) is 5.02 Å². The van der Waals surface area contributed by atoms with Gasteiger partial charge in [0.2, 0.25) is 0 Å². The molecule has 2 aromatic rings. The molecular formula is C22H25ClN4O4. The first-order chi connectivity index (χ1) is 14.8. The van der Waals surface area contributed by atoms with Crippen molar-refractivity contribution in [1.29, 1.82) is 0 Å². The average molecular weight is 445 g/mol. The van der Waals surface area contributed by atoms with Gasteiger partial charge in [-0.25, -0.2) is 4.68 Å². The van der Waals surface area contributed by atoms with E-state index >= 15 is 0 Å². The largest absolute Gasteiger partial charge is 0.470 e. The maximum Gasteiger partial charge on any atom is 0.274 e. The molecule has 0 spiro atoms. The van der Waals surface area contributed by atoms with Crippen molar-refractivity contribution in [2.24, 2.45) is 17.8 Å². The molecule has 164 valence electrons. The zero-order valence-corrected chi connectivity index (χ0v) is 18.1. The third-order valence-electron chi connectivity index (χ3n) is 7.36. The Bertz CT molecular complexity index is 1000. The van der Waals surface area contributed by atoms with E-state index in [9.17, 15) is 14.9 Å². The summed E-state index contributed by atoms with van der Waals surface area (Å²) in [6.07, 6.45) is 9.03. The standard InChI is InChI=1S/C22H25ClN4O4/c1-25(22-10-14-6-15(11-22)8-16(7-14)12-22)21(28)19-4-5-26(24-19)13-31-20-3-2-17(27(29)30)9-18(20)23/h2-5,9,14-16H,6-8,10-13H2,1H3. The number of carbonyl (C=O) groups is 1. The van der Waals surface area contributed by atoms with Crippen molar-refractivity contribution in [1.82, 2.24) is 14.7 Å². The van der Waals surface area contributed by atoms with Crippen molar-refractivity contribution < 1.29 is 14.5 Å². The monoisotopic (exact) mass is 444 g/mol. The highest BCUT2D eigenvalue weighted by Gasteiger charge is 2.54. The number of rotatable bonds is 6. The Hall–Kier alpha value is -2.61. The molecule has 4 fully saturated rings. The van der Waals surface area contributed by atoms with E-state index in [1.165, 1.54) is 42.1 Å². The Kier molecular flexibility index (Phi) is 4.92. The van der Waals surface area contributed by atoms with E-state index in [1.807, 2.05) is 11.9 Å². The molecule has 4 saturated carbocycles. The lowest BCUT2D eigenvalue weighted by atomic mass is 9.52. The predicted molar refractivity (Wildman–Crippen MR) is 114 cm³/mol. The number of amides is 1. The van der Waals surface area contributed by atoms with Crippen LogP contribution in [-0.2, 0) is 6.73 Å². The van der Waals surface area contributed by atoms with Gasteiger partial charge in [0.15, 0.2) is 12.4 Å². The highest BCUT2D eigenvalue weighted by atomic mass is 35.5. The molecule has 8 nitrogen and oxygen atoms in total. The Balaban J connectivity index is 1.25. The molecule has 1 aromatic heterocycles. The lowest BCUT2D eigenvalue weighted by Gasteiger charge is -2.59. The van der Waals surface area contributed by atoms with E-state index in [4.69, 9.17) is 16.3 Å². The van der Waals surface area contributed by atoms with Crippen molar-refractivity contribution >= 4 is 23.2 Å². The summed E-state index contributed by atoms with van der Waals surface area (Å²) in [5, 5.41) is 15.4. The van der Waals surface area contributed by atoms with E-state index in [1.54, 1.807) is 12.3 Å². The molecule has 1 heterocycles. The van der Waals surface area contributed by atoms with Gasteiger partial charge in [0.05, 0.1) is 9.95 Å². The van der Waals surface area contributed by atoms with Crippen LogP contribution in [0.4, 0.5) is 5.69 Å². The number of nitro groups is 1. The fourth-order valence-corrected chi connectivity index (χ4v) is 6.50. The minimum Gasteiger partial charge on any atom is -0.470 e. The van der Waals surface area contributed by atoms with Crippen LogP contribution in [0.5, 0.6) is 5.75 Å². The minimum atomic E-state index is -0.513. The smallest absolute Gasteiger partial charge is 0.274 e. The van der Waals surface area contributed by atoms with Crippen LogP contribution in [0.1, 0.15) is 49.0 Å². The Labute approximate surface area is 185 Å². The van der Waals surface area contributed by atoms with E-state index in [-0.39, 0.29) is 28.9 Å². The van der Waals surface area contributed by atoms with Crippen LogP contribution >= 0.6 is 11.6 Å². The van der Waals surface area contributed by atoms with Gasteiger partial charge in [-0.2, -0.15) is 5.10 Å². The number of halogens is 1. The number of carbonyl (C=O) groups excluding carboxylic acids is 1. The number of non-ortho nitro benzene ring substituents is 1. The van der Waals surface area contributed by atoms with Crippen molar-refractivity contribution in [3.8, 4) is 5.75 Å². The minimum absolute atomic E-state index is 0.0155. The predicted octanol–water partition coefficient (Wildman–Crippen LogP) is 4.52. The highest BCUT2D eigenvalue weighted by molar-refractivity contribution is 6.32. The lowest BCUT2D eigenvalue weighted by Crippen LogP contribution is -2.60. The van der Waals surface area contributed by atoms with Gasteiger partial charge >= 0.3 is 0 Å². The SMILES string of the molecule is CN(C(=O)c1ccn(COc2ccc([N+](=O)[O-])cc2Cl)n1)C12CC3CC(CC(C3)C1)C2. The summed E-state index contributed by atoms with van der Waals surface area (Å²) >= 11 is 6.07. The summed E-state index contributed by atoms with van der Waals surface area (Å²) in [6.45, 7) is 0.0475. The second-order valence-corrected chi connectivity index (χ2v) is 9.80. The highest BCUT2D eigenvalue weighted by Crippen LogP contribution is 2.57. The van der Waals surface area contributed by atoms with Gasteiger partial charge in [-0.3, -0.25) is 14.9 Å². The van der Waals surface area contributed by atoms with Crippen molar-refractivity contribution in [2.45, 2.75) is 50.8 Å². The first-order valence-corrected chi connectivity index (χ1v) is 11.1. The zero-order chi connectivity index (χ0) is 21.8. The number of benzene rings is 1. The van der Waals surface area contributed by atoms with Crippen LogP contribution in [0, 0.1) is 27.9 Å². The molecule has 0 aliphatic heterocycles. The second-order valence-electron chi connectivity index (χ2n) is 9.39. The Morgan fingerprint density at radius 1 is 1.26 bits per heavy atom. The topological polar surface area (TPSA) is 90.5 Å². The van der Waals surface area contributed by atoms with Gasteiger partial charge < -0.3 is 9.64 Å². The summed E-state index contributed by atoms with van der Waals surface area (Å²) < 4.78 is 7.16. The molecule has 0 N–H and O–H groups in total. The molecule has 1 amide bonds. The summed E-state index contributed by atoms with van der Waals surface area (Å²) in [4.78, 5) is 25.5. The van der Waals surface area contributed by atoms with Crippen LogP contribution < -0.4 is 4.74 Å². The molecule has 9 heteroatoms. The molecular weight excluding hydrogens is 420 g/mol. The number of hydrogen-bond donors (Lipinski definition) is 0. The van der Waals surface area contributed by atoms with E-state index in [0.717, 1.165) is 37.0 Å². The first kappa shape index (κ1) is 20.3. The van der Waals surface area contributed by atoms with Gasteiger partial charge in [-0.05, 0) is 68.4 Å². The summed E-state index contributed by atoms with van der Waals surface area (Å²) in [6, 6.07) is 5.74. The number of nitrogens with zero attached hydrogens (tertiary/aromatic N) is 4. The van der Waals surface area contributed by atoms with Crippen molar-refractivity contribution in [3.63, 3.8) is 0 Å². The van der Waals surface area contributed by atoms with Gasteiger partial charge in [0.1, 0.15) is 5.75 Å². The fraction of sp³-hybridized carbons (Fsp3) is 0.545. The molecule has 1 aromatic carbocycles. The van der Waals surface area contributed by atoms with Gasteiger partial charge in [0.25, 0.3) is 11.6 Å². The van der Waals surface area contributed by atoms with Gasteiger partial charge in [-0.1, -0.05) is 11.6 Å². The maximum atomic E-state index is 13.2. The number of nitro benzene ring substituents is 1. The molecule has 31 heavy (non-hydrogen) atoms. The molecule has 0 saturated heterocycles. The van der Waals surface area contributed by atoms with Crippen LogP contribution in [-0.4, -0.2) is 38.1 Å². The lowest BCUT2D eigenvalue weighted by molar-refractivity contribution is -0.384. The van der Waals surface area contributed by atoms with E-state index in [0.29, 0.717) is 11.4 Å². The fourth-order valence-electron chi connectivity index (χ4n) is 6.27. The molecule has 0 radical (unpaired) electrons. The van der Waals surface area contributed by atoms with E-state index in [2.05, 4.69) is 5.10 Å². The Morgan fingerprint density at radius 2 is 1.90 bits per heavy atom. The van der Waals surface area contributed by atoms with Gasteiger partial charge in [-0.15, -0.1) is 0 Å². The molecule has 0 unspecified atom stereocenters. The van der Waals surface area contributed by atoms with Gasteiger partial charge in [0, 0.05) is 30.9 Å². The third kappa shape index (κ3) is 3.67. The van der Waals surface area contributed by atoms with Crippen LogP contribution in [0.3, 0.4) is 0 Å². The van der Waals surface area contributed by atoms with E-state index < -0.39 is 4.92 Å². The average Bonchev–Trinajstić information content (AvgIpc) is 3.19. The maximum absolute atomic E-state index is 13.2. The normalized spacial score (nSPS) is 28.5. The summed E-state index contributed by atoms with van der Waals surface area (Å²) in [5.41, 5.74) is 0.284. The Morgan fingerprint density at radius 3 is 2.48 bits per heavy atom. The van der Waals surface area contributed by atoms with Crippen molar-refractivity contribution in [2.75, 3.05) is 7.05 Å². The van der Waals surface area contributed by atoms with Crippen LogP contribution in [0.25, 0.3) is 0 Å². The third-order valence-corrected chi connectivity index (χ3v) is 7.66. The molecule has 4 bridgehead atoms. The molecule has 4 aliphatic carbocycles. The summed E-state index contributed by atoms with van der Waals surface area (Å²) in [7, 11) is 1.93. The van der Waals surface area contributed by atoms with Crippen LogP contribution in [0.15, 0.2) is 30.5 Å². The van der Waals surface area contributed by atoms with Crippen molar-refractivity contribution in [3.05, 3.63) is 51.3 Å². The quantitative estimate of drug-likeness (QED) is 0.482. The number of hydrogen-bond acceptors (Lipinski definition) is 5. The second kappa shape index (κ2) is 7.51. The molecule has 4 aliphatic rings. The molecule has 6 rings (SSSR count). The summed E-state index contributed by atoms with van der Waals surface area (Å²) in [5.74, 6) is 2.56. The number of ether oxygens (including phenoxy) is 1. The number of aromatic nitrogens is 2. The zero-order valence-electron chi connectivity index (χ0n) is 17.4.